The van der Waals surface area contributed by atoms with Crippen LogP contribution in [0.3, 0.4) is 0 Å². The second kappa shape index (κ2) is 12.1. The molecule has 0 spiro atoms. The third-order valence-electron chi connectivity index (χ3n) is 7.58. The van der Waals surface area contributed by atoms with E-state index in [2.05, 4.69) is 71.9 Å². The number of aromatic nitrogens is 3. The smallest absolute Gasteiger partial charge is 0.264 e. The third kappa shape index (κ3) is 6.66. The number of likely N-dealkylation sites (N-methyl/N-ethyl adjacent to an activating group) is 1. The summed E-state index contributed by atoms with van der Waals surface area (Å²) in [6.07, 6.45) is 3.63. The largest absolute Gasteiger partial charge is 0.346 e. The Morgan fingerprint density at radius 2 is 1.60 bits per heavy atom. The second-order valence-electron chi connectivity index (χ2n) is 10.6. The maximum Gasteiger partial charge on any atom is 0.264 e. The SMILES string of the molecule is CN1CCN(CCn2ccc3cc(-c4cc(Nc5ccc(NS(=O)(=O)c6ccc(F)cc6F)cc5)ncn4)ccc32)CC1. The molecule has 1 fully saturated rings. The molecule has 222 valence electrons. The molecule has 1 aliphatic rings. The molecule has 0 aliphatic carbocycles. The lowest BCUT2D eigenvalue weighted by atomic mass is 10.1. The summed E-state index contributed by atoms with van der Waals surface area (Å²) >= 11 is 0. The molecule has 9 nitrogen and oxygen atoms in total. The van der Waals surface area contributed by atoms with Gasteiger partial charge in [0.15, 0.2) is 0 Å². The van der Waals surface area contributed by atoms with Gasteiger partial charge in [-0.05, 0) is 61.6 Å². The van der Waals surface area contributed by atoms with Crippen molar-refractivity contribution in [2.75, 3.05) is 49.8 Å². The molecule has 0 bridgehead atoms. The highest BCUT2D eigenvalue weighted by Crippen LogP contribution is 2.27. The second-order valence-corrected chi connectivity index (χ2v) is 12.2. The standard InChI is InChI=1S/C31H31F2N7O2S/c1-38-12-14-39(15-13-38)16-17-40-11-10-23-18-22(2-8-29(23)40)28-20-31(35-21-34-28)36-25-4-6-26(7-5-25)37-43(41,42)30-9-3-24(32)19-27(30)33/h2-11,18-21,37H,12-17H2,1H3,(H,34,35,36). The van der Waals surface area contributed by atoms with Crippen LogP contribution in [0.25, 0.3) is 22.2 Å². The van der Waals surface area contributed by atoms with E-state index in [9.17, 15) is 17.2 Å². The van der Waals surface area contributed by atoms with Crippen molar-refractivity contribution >= 4 is 38.1 Å². The van der Waals surface area contributed by atoms with Crippen LogP contribution in [0.2, 0.25) is 0 Å². The molecule has 0 amide bonds. The van der Waals surface area contributed by atoms with Gasteiger partial charge >= 0.3 is 0 Å². The topological polar surface area (TPSA) is 95.4 Å². The zero-order valence-corrected chi connectivity index (χ0v) is 24.4. The first-order valence-corrected chi connectivity index (χ1v) is 15.4. The Labute approximate surface area is 248 Å². The molecule has 0 atom stereocenters. The number of rotatable bonds is 9. The summed E-state index contributed by atoms with van der Waals surface area (Å²) in [5.41, 5.74) is 3.79. The number of nitrogens with one attached hydrogen (secondary N) is 2. The quantitative estimate of drug-likeness (QED) is 0.240. The minimum atomic E-state index is -4.23. The van der Waals surface area contributed by atoms with Gasteiger partial charge in [0.2, 0.25) is 0 Å². The van der Waals surface area contributed by atoms with Crippen molar-refractivity contribution in [3.05, 3.63) is 97.0 Å². The van der Waals surface area contributed by atoms with Crippen LogP contribution in [0.15, 0.2) is 90.2 Å². The van der Waals surface area contributed by atoms with Gasteiger partial charge in [-0.1, -0.05) is 6.07 Å². The number of halogens is 2. The Kier molecular flexibility index (Phi) is 8.06. The van der Waals surface area contributed by atoms with Gasteiger partial charge in [-0.15, -0.1) is 0 Å². The van der Waals surface area contributed by atoms with Crippen LogP contribution in [0.5, 0.6) is 0 Å². The zero-order chi connectivity index (χ0) is 30.0. The lowest BCUT2D eigenvalue weighted by Gasteiger charge is -2.32. The molecule has 6 rings (SSSR count). The Bertz CT molecular complexity index is 1850. The average molecular weight is 604 g/mol. The van der Waals surface area contributed by atoms with E-state index in [1.54, 1.807) is 12.1 Å². The lowest BCUT2D eigenvalue weighted by Crippen LogP contribution is -2.45. The minimum Gasteiger partial charge on any atom is -0.346 e. The number of piperazine rings is 1. The molecule has 0 radical (unpaired) electrons. The van der Waals surface area contributed by atoms with Crippen LogP contribution in [-0.4, -0.2) is 72.5 Å². The van der Waals surface area contributed by atoms with Crippen LogP contribution in [0, 0.1) is 11.6 Å². The number of nitrogens with zero attached hydrogens (tertiary/aromatic N) is 5. The van der Waals surface area contributed by atoms with Crippen LogP contribution in [0.1, 0.15) is 0 Å². The van der Waals surface area contributed by atoms with Gasteiger partial charge in [0.25, 0.3) is 10.0 Å². The van der Waals surface area contributed by atoms with E-state index in [0.717, 1.165) is 68.0 Å². The van der Waals surface area contributed by atoms with Crippen LogP contribution in [0.4, 0.5) is 26.0 Å². The number of sulfonamides is 1. The number of hydrogen-bond donors (Lipinski definition) is 2. The monoisotopic (exact) mass is 603 g/mol. The van der Waals surface area contributed by atoms with E-state index in [-0.39, 0.29) is 5.69 Å². The van der Waals surface area contributed by atoms with E-state index in [1.165, 1.54) is 24.0 Å². The fourth-order valence-corrected chi connectivity index (χ4v) is 6.25. The summed E-state index contributed by atoms with van der Waals surface area (Å²) < 4.78 is 56.9. The molecule has 2 aromatic heterocycles. The van der Waals surface area contributed by atoms with Crippen molar-refractivity contribution in [2.45, 2.75) is 11.4 Å². The molecule has 2 N–H and O–H groups in total. The van der Waals surface area contributed by atoms with E-state index in [4.69, 9.17) is 0 Å². The first-order valence-electron chi connectivity index (χ1n) is 13.9. The Hall–Kier alpha value is -4.39. The Balaban J connectivity index is 1.11. The molecule has 5 aromatic rings. The average Bonchev–Trinajstić information content (AvgIpc) is 3.40. The molecule has 3 aromatic carbocycles. The summed E-state index contributed by atoms with van der Waals surface area (Å²) in [7, 11) is -2.06. The van der Waals surface area contributed by atoms with Crippen molar-refractivity contribution in [2.24, 2.45) is 0 Å². The Morgan fingerprint density at radius 1 is 0.837 bits per heavy atom. The maximum absolute atomic E-state index is 14.0. The highest BCUT2D eigenvalue weighted by molar-refractivity contribution is 7.92. The highest BCUT2D eigenvalue weighted by atomic mass is 32.2. The summed E-state index contributed by atoms with van der Waals surface area (Å²) in [6, 6.07) is 19.0. The van der Waals surface area contributed by atoms with Gasteiger partial charge in [-0.25, -0.2) is 27.2 Å². The van der Waals surface area contributed by atoms with Crippen molar-refractivity contribution < 1.29 is 17.2 Å². The lowest BCUT2D eigenvalue weighted by molar-refractivity contribution is 0.150. The molecular formula is C31H31F2N7O2S. The molecule has 0 saturated carbocycles. The van der Waals surface area contributed by atoms with Gasteiger partial charge < -0.3 is 14.8 Å². The number of hydrogen-bond acceptors (Lipinski definition) is 7. The van der Waals surface area contributed by atoms with Crippen molar-refractivity contribution in [1.82, 2.24) is 24.3 Å². The number of fused-ring (bicyclic) bond motifs is 1. The van der Waals surface area contributed by atoms with Gasteiger partial charge in [-0.3, -0.25) is 9.62 Å². The predicted molar refractivity (Wildman–Crippen MR) is 164 cm³/mol. The van der Waals surface area contributed by atoms with Gasteiger partial charge in [-0.2, -0.15) is 0 Å². The zero-order valence-electron chi connectivity index (χ0n) is 23.5. The van der Waals surface area contributed by atoms with Crippen molar-refractivity contribution in [3.63, 3.8) is 0 Å². The fourth-order valence-electron chi connectivity index (χ4n) is 5.13. The fraction of sp³-hybridized carbons (Fsp3) is 0.226. The van der Waals surface area contributed by atoms with E-state index in [0.29, 0.717) is 17.6 Å². The highest BCUT2D eigenvalue weighted by Gasteiger charge is 2.20. The molecular weight excluding hydrogens is 572 g/mol. The van der Waals surface area contributed by atoms with Crippen LogP contribution < -0.4 is 10.0 Å². The van der Waals surface area contributed by atoms with Gasteiger partial charge in [0, 0.05) is 85.4 Å². The van der Waals surface area contributed by atoms with Crippen LogP contribution in [-0.2, 0) is 16.6 Å². The molecule has 3 heterocycles. The number of anilines is 3. The molecule has 1 saturated heterocycles. The summed E-state index contributed by atoms with van der Waals surface area (Å²) in [6.45, 7) is 6.40. The summed E-state index contributed by atoms with van der Waals surface area (Å²) in [5, 5.41) is 4.34. The predicted octanol–water partition coefficient (Wildman–Crippen LogP) is 5.17. The molecule has 43 heavy (non-hydrogen) atoms. The first kappa shape index (κ1) is 28.7. The van der Waals surface area contributed by atoms with Crippen molar-refractivity contribution in [3.8, 4) is 11.3 Å². The van der Waals surface area contributed by atoms with Crippen molar-refractivity contribution in [1.29, 1.82) is 0 Å². The molecule has 1 aliphatic heterocycles. The summed E-state index contributed by atoms with van der Waals surface area (Å²) in [5.74, 6) is -1.45. The maximum atomic E-state index is 14.0. The molecule has 0 unspecified atom stereocenters. The molecule has 12 heteroatoms. The van der Waals surface area contributed by atoms with Crippen LogP contribution >= 0.6 is 0 Å². The first-order chi connectivity index (χ1) is 20.7. The third-order valence-corrected chi connectivity index (χ3v) is 8.99. The summed E-state index contributed by atoms with van der Waals surface area (Å²) in [4.78, 5) is 13.0. The minimum absolute atomic E-state index is 0.224. The number of benzene rings is 3. The van der Waals surface area contributed by atoms with E-state index in [1.807, 2.05) is 6.07 Å². The van der Waals surface area contributed by atoms with Gasteiger partial charge in [0.1, 0.15) is 28.7 Å². The Morgan fingerprint density at radius 3 is 2.37 bits per heavy atom. The normalized spacial score (nSPS) is 14.7. The van der Waals surface area contributed by atoms with E-state index < -0.39 is 26.6 Å². The van der Waals surface area contributed by atoms with Gasteiger partial charge in [0.05, 0.1) is 5.69 Å². The van der Waals surface area contributed by atoms with E-state index >= 15 is 0 Å².